The van der Waals surface area contributed by atoms with Crippen LogP contribution in [-0.2, 0) is 0 Å². The number of nitrogens with one attached hydrogen (secondary N) is 1. The van der Waals surface area contributed by atoms with Gasteiger partial charge in [-0.15, -0.1) is 23.1 Å². The smallest absolute Gasteiger partial charge is 0.244 e. The quantitative estimate of drug-likeness (QED) is 0.744. The third-order valence-electron chi connectivity index (χ3n) is 3.94. The molecule has 1 N–H and O–H groups in total. The van der Waals surface area contributed by atoms with Gasteiger partial charge in [-0.3, -0.25) is 0 Å². The summed E-state index contributed by atoms with van der Waals surface area (Å²) in [5.41, 5.74) is 1.24. The Morgan fingerprint density at radius 3 is 2.86 bits per heavy atom. The van der Waals surface area contributed by atoms with Gasteiger partial charge in [0.2, 0.25) is 5.95 Å². The minimum absolute atomic E-state index is 0.161. The Morgan fingerprint density at radius 2 is 2.14 bits per heavy atom. The van der Waals surface area contributed by atoms with Crippen LogP contribution >= 0.6 is 23.1 Å². The second kappa shape index (κ2) is 5.73. The molecule has 3 heterocycles. The lowest BCUT2D eigenvalue weighted by Crippen LogP contribution is -2.27. The highest BCUT2D eigenvalue weighted by atomic mass is 32.2. The van der Waals surface area contributed by atoms with Gasteiger partial charge in [-0.05, 0) is 52.2 Å². The molecule has 1 aliphatic rings. The van der Waals surface area contributed by atoms with Crippen LogP contribution in [0.4, 0.5) is 5.95 Å². The number of hydrogen-bond acceptors (Lipinski definition) is 6. The van der Waals surface area contributed by atoms with Crippen molar-refractivity contribution < 1.29 is 0 Å². The zero-order valence-corrected chi connectivity index (χ0v) is 13.6. The predicted molar refractivity (Wildman–Crippen MR) is 89.5 cm³/mol. The van der Waals surface area contributed by atoms with E-state index >= 15 is 0 Å². The number of nitrogens with zero attached hydrogens (tertiary/aromatic N) is 4. The second-order valence-electron chi connectivity index (χ2n) is 5.18. The topological polar surface area (TPSA) is 55.6 Å². The number of benzene rings is 1. The minimum Gasteiger partial charge on any atom is -0.345 e. The van der Waals surface area contributed by atoms with Gasteiger partial charge in [0.25, 0.3) is 0 Å². The predicted octanol–water partition coefficient (Wildman–Crippen LogP) is 3.60. The van der Waals surface area contributed by atoms with E-state index in [2.05, 4.69) is 68.9 Å². The molecule has 0 aliphatic carbocycles. The summed E-state index contributed by atoms with van der Waals surface area (Å²) < 4.78 is 1.89. The number of aromatic nitrogens is 4. The summed E-state index contributed by atoms with van der Waals surface area (Å²) in [6, 6.07) is 13.3. The van der Waals surface area contributed by atoms with E-state index in [1.807, 2.05) is 4.68 Å². The molecular weight excluding hydrogens is 314 g/mol. The Labute approximate surface area is 136 Å². The van der Waals surface area contributed by atoms with Crippen molar-refractivity contribution in [3.8, 4) is 0 Å². The van der Waals surface area contributed by atoms with Crippen LogP contribution in [0, 0.1) is 0 Å². The zero-order chi connectivity index (χ0) is 14.9. The van der Waals surface area contributed by atoms with Crippen LogP contribution in [0.2, 0.25) is 0 Å². The molecule has 0 amide bonds. The molecule has 3 aromatic rings. The number of fused-ring (bicyclic) bond motifs is 1. The van der Waals surface area contributed by atoms with Crippen molar-refractivity contribution in [1.29, 1.82) is 0 Å². The van der Waals surface area contributed by atoms with Crippen molar-refractivity contribution in [3.05, 3.63) is 52.2 Å². The first kappa shape index (κ1) is 13.8. The van der Waals surface area contributed by atoms with Gasteiger partial charge < -0.3 is 5.32 Å². The highest BCUT2D eigenvalue weighted by Gasteiger charge is 2.30. The molecular formula is C15H15N5S2. The van der Waals surface area contributed by atoms with E-state index in [4.69, 9.17) is 0 Å². The van der Waals surface area contributed by atoms with Crippen molar-refractivity contribution in [2.45, 2.75) is 23.4 Å². The molecule has 0 saturated carbocycles. The summed E-state index contributed by atoms with van der Waals surface area (Å²) in [7, 11) is 0. The van der Waals surface area contributed by atoms with Crippen LogP contribution in [-0.4, -0.2) is 26.5 Å². The third-order valence-corrected chi connectivity index (χ3v) is 5.67. The molecule has 0 bridgehead atoms. The average molecular weight is 329 g/mol. The molecule has 4 rings (SSSR count). The van der Waals surface area contributed by atoms with Crippen molar-refractivity contribution in [1.82, 2.24) is 20.2 Å². The Morgan fingerprint density at radius 1 is 1.27 bits per heavy atom. The maximum atomic E-state index is 4.16. The standard InChI is InChI=1S/C15H15N5S2/c1-21-11-6-4-10(5-7-11)13-9-12(14-3-2-8-22-14)16-15-17-18-19-20(13)15/h2-8,12-13H,9H2,1H3,(H,16,17,19)/t12-,13+/m1/s1. The normalized spacial score (nSPS) is 20.4. The number of rotatable bonds is 3. The number of hydrogen-bond donors (Lipinski definition) is 1. The molecule has 0 unspecified atom stereocenters. The van der Waals surface area contributed by atoms with E-state index in [0.717, 1.165) is 12.4 Å². The summed E-state index contributed by atoms with van der Waals surface area (Å²) in [5, 5.41) is 17.7. The van der Waals surface area contributed by atoms with Crippen molar-refractivity contribution >= 4 is 29.0 Å². The lowest BCUT2D eigenvalue weighted by molar-refractivity contribution is 0.426. The van der Waals surface area contributed by atoms with Crippen molar-refractivity contribution in [2.24, 2.45) is 0 Å². The van der Waals surface area contributed by atoms with Crippen LogP contribution in [0.5, 0.6) is 0 Å². The van der Waals surface area contributed by atoms with Crippen molar-refractivity contribution in [2.75, 3.05) is 11.6 Å². The highest BCUT2D eigenvalue weighted by Crippen LogP contribution is 2.38. The molecule has 1 aliphatic heterocycles. The maximum Gasteiger partial charge on any atom is 0.244 e. The number of thioether (sulfide) groups is 1. The van der Waals surface area contributed by atoms with E-state index in [1.165, 1.54) is 15.3 Å². The number of tetrazole rings is 1. The highest BCUT2D eigenvalue weighted by molar-refractivity contribution is 7.98. The van der Waals surface area contributed by atoms with Gasteiger partial charge in [-0.2, -0.15) is 0 Å². The van der Waals surface area contributed by atoms with Crippen molar-refractivity contribution in [3.63, 3.8) is 0 Å². The van der Waals surface area contributed by atoms with Gasteiger partial charge in [-0.25, -0.2) is 4.68 Å². The average Bonchev–Trinajstić information content (AvgIpc) is 3.25. The number of thiophene rings is 1. The molecule has 0 fully saturated rings. The monoisotopic (exact) mass is 329 g/mol. The SMILES string of the molecule is CSc1ccc([C@@H]2C[C@H](c3cccs3)Nc3nnnn32)cc1. The van der Waals surface area contributed by atoms with Crippen LogP contribution in [0.15, 0.2) is 46.7 Å². The summed E-state index contributed by atoms with van der Waals surface area (Å²) in [4.78, 5) is 2.59. The minimum atomic E-state index is 0.161. The molecule has 0 spiro atoms. The fourth-order valence-electron chi connectivity index (χ4n) is 2.82. The van der Waals surface area contributed by atoms with Gasteiger partial charge >= 0.3 is 0 Å². The molecule has 112 valence electrons. The van der Waals surface area contributed by atoms with Gasteiger partial charge in [0.15, 0.2) is 0 Å². The molecule has 22 heavy (non-hydrogen) atoms. The zero-order valence-electron chi connectivity index (χ0n) is 12.0. The lowest BCUT2D eigenvalue weighted by atomic mass is 9.97. The molecule has 1 aromatic carbocycles. The van der Waals surface area contributed by atoms with Gasteiger partial charge in [-0.1, -0.05) is 23.3 Å². The number of anilines is 1. The molecule has 2 aromatic heterocycles. The van der Waals surface area contributed by atoms with E-state index in [0.29, 0.717) is 0 Å². The first-order valence-corrected chi connectivity index (χ1v) is 9.17. The second-order valence-corrected chi connectivity index (χ2v) is 7.04. The molecule has 0 saturated heterocycles. The van der Waals surface area contributed by atoms with Crippen LogP contribution < -0.4 is 5.32 Å². The van der Waals surface area contributed by atoms with Crippen LogP contribution in [0.1, 0.15) is 28.9 Å². The first-order chi connectivity index (χ1) is 10.8. The molecule has 7 heteroatoms. The lowest BCUT2D eigenvalue weighted by Gasteiger charge is -2.30. The summed E-state index contributed by atoms with van der Waals surface area (Å²) in [5.74, 6) is 0.739. The third kappa shape index (κ3) is 2.40. The van der Waals surface area contributed by atoms with E-state index in [9.17, 15) is 0 Å². The Balaban J connectivity index is 1.71. The van der Waals surface area contributed by atoms with Crippen LogP contribution in [0.25, 0.3) is 0 Å². The van der Waals surface area contributed by atoms with Gasteiger partial charge in [0.05, 0.1) is 12.1 Å². The Kier molecular flexibility index (Phi) is 3.59. The Bertz CT molecular complexity index is 751. The van der Waals surface area contributed by atoms with E-state index in [1.54, 1.807) is 23.1 Å². The van der Waals surface area contributed by atoms with E-state index < -0.39 is 0 Å². The van der Waals surface area contributed by atoms with Gasteiger partial charge in [0, 0.05) is 9.77 Å². The molecule has 2 atom stereocenters. The maximum absolute atomic E-state index is 4.16. The molecule has 5 nitrogen and oxygen atoms in total. The van der Waals surface area contributed by atoms with Crippen LogP contribution in [0.3, 0.4) is 0 Å². The summed E-state index contributed by atoms with van der Waals surface area (Å²) in [6.45, 7) is 0. The molecule has 0 radical (unpaired) electrons. The summed E-state index contributed by atoms with van der Waals surface area (Å²) in [6.07, 6.45) is 3.03. The fraction of sp³-hybridized carbons (Fsp3) is 0.267. The summed E-state index contributed by atoms with van der Waals surface area (Å²) >= 11 is 3.52. The largest absolute Gasteiger partial charge is 0.345 e. The first-order valence-electron chi connectivity index (χ1n) is 7.07. The van der Waals surface area contributed by atoms with E-state index in [-0.39, 0.29) is 12.1 Å². The fourth-order valence-corrected chi connectivity index (χ4v) is 4.02. The van der Waals surface area contributed by atoms with Gasteiger partial charge in [0.1, 0.15) is 0 Å². The Hall–Kier alpha value is -1.86.